The molecule has 1 fully saturated rings. The lowest BCUT2D eigenvalue weighted by atomic mass is 10.2. The molecule has 4 rings (SSSR count). The molecule has 36 heavy (non-hydrogen) atoms. The molecule has 2 aromatic carbocycles. The summed E-state index contributed by atoms with van der Waals surface area (Å²) in [6.45, 7) is 2.62. The smallest absolute Gasteiger partial charge is 0.257 e. The summed E-state index contributed by atoms with van der Waals surface area (Å²) in [7, 11) is -3.35. The van der Waals surface area contributed by atoms with E-state index in [0.717, 1.165) is 50.2 Å². The van der Waals surface area contributed by atoms with E-state index in [-0.39, 0.29) is 11.7 Å². The molecule has 8 nitrogen and oxygen atoms in total. The van der Waals surface area contributed by atoms with Gasteiger partial charge in [0.2, 0.25) is 10.0 Å². The van der Waals surface area contributed by atoms with Crippen LogP contribution in [-0.4, -0.2) is 49.8 Å². The average molecular weight is 508 g/mol. The van der Waals surface area contributed by atoms with Crippen LogP contribution in [0.25, 0.3) is 0 Å². The van der Waals surface area contributed by atoms with Crippen molar-refractivity contribution in [1.82, 2.24) is 9.29 Å². The number of hydrogen-bond donors (Lipinski definition) is 2. The van der Waals surface area contributed by atoms with Gasteiger partial charge in [-0.3, -0.25) is 4.79 Å². The first kappa shape index (κ1) is 25.7. The first-order valence-electron chi connectivity index (χ1n) is 12.3. The number of aromatic nitrogens is 1. The highest BCUT2D eigenvalue weighted by Gasteiger charge is 2.23. The lowest BCUT2D eigenvalue weighted by Crippen LogP contribution is -2.36. The van der Waals surface area contributed by atoms with E-state index < -0.39 is 10.0 Å². The Labute approximate surface area is 213 Å². The van der Waals surface area contributed by atoms with Gasteiger partial charge in [0.1, 0.15) is 5.82 Å². The number of sulfonamides is 1. The Kier molecular flexibility index (Phi) is 8.56. The normalized spacial score (nSPS) is 15.8. The molecule has 0 spiro atoms. The van der Waals surface area contributed by atoms with Crippen LogP contribution in [0.2, 0.25) is 0 Å². The molecule has 2 heterocycles. The first-order chi connectivity index (χ1) is 17.4. The molecule has 0 radical (unpaired) electrons. The molecular formula is C27H33N5O3S. The predicted molar refractivity (Wildman–Crippen MR) is 144 cm³/mol. The maximum Gasteiger partial charge on any atom is 0.257 e. The number of nitrogens with zero attached hydrogens (tertiary/aromatic N) is 3. The third-order valence-corrected chi connectivity index (χ3v) is 8.15. The minimum absolute atomic E-state index is 0.0423. The van der Waals surface area contributed by atoms with E-state index >= 15 is 0 Å². The maximum absolute atomic E-state index is 13.0. The van der Waals surface area contributed by atoms with E-state index in [4.69, 9.17) is 5.73 Å². The fourth-order valence-electron chi connectivity index (χ4n) is 4.30. The highest BCUT2D eigenvalue weighted by atomic mass is 32.2. The Morgan fingerprint density at radius 1 is 0.861 bits per heavy atom. The number of carbonyl (C=O) groups is 1. The molecule has 0 unspecified atom stereocenters. The summed E-state index contributed by atoms with van der Waals surface area (Å²) in [5.74, 6) is 0.602. The van der Waals surface area contributed by atoms with Gasteiger partial charge in [0.25, 0.3) is 5.91 Å². The summed E-state index contributed by atoms with van der Waals surface area (Å²) in [5.41, 5.74) is 8.27. The van der Waals surface area contributed by atoms with E-state index in [9.17, 15) is 13.2 Å². The van der Waals surface area contributed by atoms with Crippen LogP contribution in [0.5, 0.6) is 0 Å². The Bertz CT molecular complexity index is 1240. The van der Waals surface area contributed by atoms with Crippen LogP contribution < -0.4 is 16.0 Å². The molecule has 190 valence electrons. The third-order valence-electron chi connectivity index (χ3n) is 6.30. The van der Waals surface area contributed by atoms with Gasteiger partial charge in [-0.2, -0.15) is 0 Å². The molecule has 0 atom stereocenters. The van der Waals surface area contributed by atoms with Gasteiger partial charge in [-0.05, 0) is 55.5 Å². The Hall–Kier alpha value is -3.43. The third kappa shape index (κ3) is 6.83. The van der Waals surface area contributed by atoms with Crippen molar-refractivity contribution in [2.75, 3.05) is 42.1 Å². The molecule has 3 aromatic rings. The largest absolute Gasteiger partial charge is 0.397 e. The number of pyridine rings is 1. The number of benzene rings is 2. The minimum atomic E-state index is -3.35. The quantitative estimate of drug-likeness (QED) is 0.486. The van der Waals surface area contributed by atoms with Crippen LogP contribution in [0.1, 0.15) is 41.6 Å². The van der Waals surface area contributed by atoms with E-state index in [1.807, 2.05) is 48.5 Å². The lowest BCUT2D eigenvalue weighted by molar-refractivity contribution is 0.102. The average Bonchev–Trinajstić information content (AvgIpc) is 2.88. The maximum atomic E-state index is 13.0. The molecule has 0 bridgehead atoms. The van der Waals surface area contributed by atoms with Crippen molar-refractivity contribution >= 4 is 33.1 Å². The number of rotatable bonds is 6. The second-order valence-electron chi connectivity index (χ2n) is 8.99. The van der Waals surface area contributed by atoms with Crippen molar-refractivity contribution in [2.24, 2.45) is 0 Å². The standard InChI is InChI=1S/C27H33N5O3S/c28-24-12-4-5-13-25(24)30-27(33)23-14-15-26(29-20-23)31-16-6-8-18-32(19-9-7-17-31)36(34,35)21-22-10-2-1-3-11-22/h1-5,10-15,20H,6-9,16-19,21,28H2,(H,30,33). The van der Waals surface area contributed by atoms with Crippen molar-refractivity contribution in [3.63, 3.8) is 0 Å². The fourth-order valence-corrected chi connectivity index (χ4v) is 5.91. The number of nitrogens with two attached hydrogens (primary N) is 1. The Morgan fingerprint density at radius 2 is 1.50 bits per heavy atom. The molecule has 3 N–H and O–H groups in total. The second-order valence-corrected chi connectivity index (χ2v) is 11.0. The molecule has 1 amide bonds. The predicted octanol–water partition coefficient (Wildman–Crippen LogP) is 4.13. The summed E-state index contributed by atoms with van der Waals surface area (Å²) in [5, 5.41) is 2.82. The van der Waals surface area contributed by atoms with Gasteiger partial charge in [-0.1, -0.05) is 42.5 Å². The number of carbonyl (C=O) groups excluding carboxylic acids is 1. The van der Waals surface area contributed by atoms with Crippen LogP contribution in [0.15, 0.2) is 72.9 Å². The van der Waals surface area contributed by atoms with E-state index in [1.54, 1.807) is 28.7 Å². The van der Waals surface area contributed by atoms with Crippen LogP contribution >= 0.6 is 0 Å². The lowest BCUT2D eigenvalue weighted by Gasteiger charge is -2.28. The first-order valence-corrected chi connectivity index (χ1v) is 13.9. The zero-order chi connectivity index (χ0) is 25.4. The van der Waals surface area contributed by atoms with Crippen LogP contribution in [0.4, 0.5) is 17.2 Å². The van der Waals surface area contributed by atoms with Crippen LogP contribution in [-0.2, 0) is 15.8 Å². The van der Waals surface area contributed by atoms with Crippen molar-refractivity contribution in [2.45, 2.75) is 31.4 Å². The number of anilines is 3. The van der Waals surface area contributed by atoms with Gasteiger partial charge < -0.3 is 16.0 Å². The topological polar surface area (TPSA) is 109 Å². The number of nitrogens with one attached hydrogen (secondary N) is 1. The zero-order valence-electron chi connectivity index (χ0n) is 20.3. The van der Waals surface area contributed by atoms with Gasteiger partial charge >= 0.3 is 0 Å². The molecule has 1 aliphatic heterocycles. The van der Waals surface area contributed by atoms with Gasteiger partial charge in [0.05, 0.1) is 22.7 Å². The van der Waals surface area contributed by atoms with Crippen molar-refractivity contribution in [3.05, 3.63) is 84.1 Å². The zero-order valence-corrected chi connectivity index (χ0v) is 21.2. The molecule has 0 saturated carbocycles. The molecule has 1 aromatic heterocycles. The molecule has 0 aliphatic carbocycles. The van der Waals surface area contributed by atoms with E-state index in [1.165, 1.54) is 0 Å². The van der Waals surface area contributed by atoms with E-state index in [0.29, 0.717) is 30.0 Å². The van der Waals surface area contributed by atoms with Crippen molar-refractivity contribution in [1.29, 1.82) is 0 Å². The minimum Gasteiger partial charge on any atom is -0.397 e. The highest BCUT2D eigenvalue weighted by molar-refractivity contribution is 7.88. The number of hydrogen-bond acceptors (Lipinski definition) is 6. The van der Waals surface area contributed by atoms with Gasteiger partial charge in [-0.15, -0.1) is 0 Å². The van der Waals surface area contributed by atoms with Crippen molar-refractivity contribution < 1.29 is 13.2 Å². The Balaban J connectivity index is 1.33. The van der Waals surface area contributed by atoms with Crippen LogP contribution in [0.3, 0.4) is 0 Å². The summed E-state index contributed by atoms with van der Waals surface area (Å²) in [6.07, 6.45) is 4.86. The molecule has 1 saturated heterocycles. The fraction of sp³-hybridized carbons (Fsp3) is 0.333. The highest BCUT2D eigenvalue weighted by Crippen LogP contribution is 2.20. The SMILES string of the molecule is Nc1ccccc1NC(=O)c1ccc(N2CCCCN(S(=O)(=O)Cc3ccccc3)CCCC2)nc1. The number of nitrogen functional groups attached to an aromatic ring is 1. The number of para-hydroxylation sites is 2. The summed E-state index contributed by atoms with van der Waals surface area (Å²) >= 11 is 0. The Morgan fingerprint density at radius 3 is 2.14 bits per heavy atom. The summed E-state index contributed by atoms with van der Waals surface area (Å²) in [4.78, 5) is 19.3. The summed E-state index contributed by atoms with van der Waals surface area (Å²) < 4.78 is 27.6. The molecular weight excluding hydrogens is 474 g/mol. The monoisotopic (exact) mass is 507 g/mol. The van der Waals surface area contributed by atoms with Gasteiger partial charge in [-0.25, -0.2) is 17.7 Å². The van der Waals surface area contributed by atoms with Gasteiger partial charge in [0.15, 0.2) is 0 Å². The second kappa shape index (κ2) is 12.0. The van der Waals surface area contributed by atoms with Gasteiger partial charge in [0, 0.05) is 32.4 Å². The van der Waals surface area contributed by atoms with Crippen molar-refractivity contribution in [3.8, 4) is 0 Å². The number of amides is 1. The van der Waals surface area contributed by atoms with Crippen LogP contribution in [0, 0.1) is 0 Å². The summed E-state index contributed by atoms with van der Waals surface area (Å²) in [6, 6.07) is 20.1. The van der Waals surface area contributed by atoms with E-state index in [2.05, 4.69) is 15.2 Å². The molecule has 1 aliphatic rings. The molecule has 9 heteroatoms.